The molecule has 3 nitrogen and oxygen atoms in total. The molecule has 0 spiro atoms. The predicted octanol–water partition coefficient (Wildman–Crippen LogP) is 9.45. The van der Waals surface area contributed by atoms with Crippen LogP contribution in [0, 0.1) is 0 Å². The largest absolute Gasteiger partial charge is 0.285 e. The summed E-state index contributed by atoms with van der Waals surface area (Å²) in [7, 11) is -4.12. The Morgan fingerprint density at radius 3 is 0.515 bits per heavy atom. The molecule has 66 heavy (non-hydrogen) atoms. The van der Waals surface area contributed by atoms with Crippen molar-refractivity contribution in [3.8, 4) is 0 Å². The number of hydrogen-bond acceptors (Lipinski definition) is 2. The molecule has 0 saturated heterocycles. The van der Waals surface area contributed by atoms with E-state index < -0.39 is 15.9 Å². The highest BCUT2D eigenvalue weighted by atomic mass is 32.2. The molecule has 0 saturated carbocycles. The maximum absolute atomic E-state index is 10.7. The highest BCUT2D eigenvalue weighted by molar-refractivity contribution is 7.85. The molecule has 0 aromatic rings. The van der Waals surface area contributed by atoms with Gasteiger partial charge < -0.3 is 0 Å². The fourth-order valence-electron chi connectivity index (χ4n) is 2.18. The van der Waals surface area contributed by atoms with Crippen LogP contribution in [0.1, 0.15) is 6.92 Å². The van der Waals surface area contributed by atoms with Crippen molar-refractivity contribution in [2.24, 2.45) is 0 Å². The van der Waals surface area contributed by atoms with Crippen LogP contribution < -0.4 is 0 Å². The summed E-state index contributed by atoms with van der Waals surface area (Å²) in [6.07, 6.45) is 0. The van der Waals surface area contributed by atoms with Gasteiger partial charge in [0.25, 0.3) is 10.1 Å². The second kappa shape index (κ2) is 44.6. The highest BCUT2D eigenvalue weighted by Gasteiger charge is 2.03. The van der Waals surface area contributed by atoms with E-state index in [4.69, 9.17) is 4.55 Å². The minimum absolute atomic E-state index is 0.247. The average molecular weight is 833 g/mol. The van der Waals surface area contributed by atoms with Crippen molar-refractivity contribution in [1.29, 1.82) is 0 Å². The van der Waals surface area contributed by atoms with Gasteiger partial charge in [-0.15, -0.1) is 0 Å². The lowest BCUT2D eigenvalue weighted by molar-refractivity contribution is 0.486. The van der Waals surface area contributed by atoms with Crippen molar-refractivity contribution >= 4 is 10.1 Å². The van der Waals surface area contributed by atoms with Gasteiger partial charge in [0.15, 0.2) is 0 Å². The third kappa shape index (κ3) is 48.9. The van der Waals surface area contributed by atoms with Gasteiger partial charge in [0.05, 0.1) is 0 Å². The summed E-state index contributed by atoms with van der Waals surface area (Å²) in [6, 6.07) is 0. The third-order valence-corrected chi connectivity index (χ3v) is 5.00. The maximum Gasteiger partial charge on any atom is 0.269 e. The van der Waals surface area contributed by atoms with Crippen LogP contribution in [0.25, 0.3) is 0 Å². The van der Waals surface area contributed by atoms with E-state index in [1.807, 2.05) is 0 Å². The quantitative estimate of drug-likeness (QED) is 0.223. The molecule has 1 N–H and O–H groups in total. The molecule has 0 heterocycles. The van der Waals surface area contributed by atoms with Crippen LogP contribution in [-0.4, -0.2) is 18.7 Å². The molecule has 0 radical (unpaired) electrons. The van der Waals surface area contributed by atoms with Gasteiger partial charge in [-0.25, -0.2) is 0 Å². The van der Waals surface area contributed by atoms with Crippen molar-refractivity contribution in [2.45, 2.75) is 6.92 Å². The topological polar surface area (TPSA) is 54.4 Å². The Balaban J connectivity index is 6.11. The van der Waals surface area contributed by atoms with E-state index in [9.17, 15) is 8.42 Å². The molecular formula is C62H8O3S. The fraction of sp³-hybridized carbons (Fsp3) is 0.0323. The van der Waals surface area contributed by atoms with E-state index in [-0.39, 0.29) is 5.57 Å². The summed E-state index contributed by atoms with van der Waals surface area (Å²) in [5, 5.41) is 0. The smallest absolute Gasteiger partial charge is 0.269 e. The average Bonchev–Trinajstić information content (AvgIpc) is 3.29. The van der Waals surface area contributed by atoms with Gasteiger partial charge in [-0.05, 0) is 111 Å². The first-order valence-electron chi connectivity index (χ1n) is 16.5. The first-order valence-corrected chi connectivity index (χ1v) is 18.1. The Labute approximate surface area is 378 Å². The van der Waals surface area contributed by atoms with Gasteiger partial charge in [0.1, 0.15) is 5.75 Å². The Kier molecular flexibility index (Phi) is 35.7. The maximum atomic E-state index is 10.7. The molecule has 280 valence electrons. The zero-order valence-electron chi connectivity index (χ0n) is 33.6. The minimum atomic E-state index is -4.12. The summed E-state index contributed by atoms with van der Waals surface area (Å²) in [5.41, 5.74) is 144. The van der Waals surface area contributed by atoms with Crippen molar-refractivity contribution in [2.75, 3.05) is 5.75 Å². The van der Waals surface area contributed by atoms with Gasteiger partial charge in [0.2, 0.25) is 0 Å². The van der Waals surface area contributed by atoms with Crippen LogP contribution >= 0.6 is 0 Å². The molecule has 0 bridgehead atoms. The summed E-state index contributed by atoms with van der Waals surface area (Å²) >= 11 is 0. The summed E-state index contributed by atoms with van der Waals surface area (Å²) in [4.78, 5) is 0. The minimum Gasteiger partial charge on any atom is -0.285 e. The third-order valence-electron chi connectivity index (χ3n) is 4.20. The van der Waals surface area contributed by atoms with Crippen LogP contribution in [0.3, 0.4) is 0 Å². The summed E-state index contributed by atoms with van der Waals surface area (Å²) in [5.74, 6) is -0.552. The van der Waals surface area contributed by atoms with Gasteiger partial charge >= 0.3 is 0 Å². The van der Waals surface area contributed by atoms with Gasteiger partial charge in [-0.3, -0.25) is 4.55 Å². The normalized spacial score (nSPS) is 4.88. The fourth-order valence-corrected chi connectivity index (χ4v) is 2.80. The zero-order chi connectivity index (χ0) is 47.8. The molecule has 0 fully saturated rings. The first kappa shape index (κ1) is 52.9. The molecule has 0 aromatic heterocycles. The van der Waals surface area contributed by atoms with Gasteiger partial charge in [-0.1, -0.05) is 11.5 Å². The molecule has 0 rings (SSSR count). The molecule has 0 unspecified atom stereocenters. The van der Waals surface area contributed by atoms with E-state index in [0.29, 0.717) is 0 Å². The van der Waals surface area contributed by atoms with Gasteiger partial charge in [-0.2, -0.15) is 8.42 Å². The molecule has 0 atom stereocenters. The Morgan fingerprint density at radius 2 is 0.394 bits per heavy atom. The molecule has 0 aliphatic rings. The number of hydrogen-bond donors (Lipinski definition) is 1. The lowest BCUT2D eigenvalue weighted by Crippen LogP contribution is -2.03. The lowest BCUT2D eigenvalue weighted by atomic mass is 10.4. The molecular weight excluding hydrogens is 825 g/mol. The summed E-state index contributed by atoms with van der Waals surface area (Å²) in [6.45, 7) is 4.77. The molecule has 4 heteroatoms. The SMILES string of the molecule is C=C=C=C=C=C=C=C=C=C=C=C=C=C=C=C=C=C=C=C=C=C=C=C=C=C=C=C=C=C=C=C=C=C=C=C=C=C=C=C=C=C=C=C=C=C=C=C=C=C=C=C=C=C=C=C=C=C=C=C(C)CS(=O)(=O)O. The van der Waals surface area contributed by atoms with E-state index in [0.717, 1.165) is 0 Å². The lowest BCUT2D eigenvalue weighted by Gasteiger charge is -1.90. The van der Waals surface area contributed by atoms with E-state index in [1.54, 1.807) is 0 Å². The van der Waals surface area contributed by atoms with Crippen molar-refractivity contribution in [3.05, 3.63) is 345 Å². The predicted molar refractivity (Wildman–Crippen MR) is 235 cm³/mol. The Bertz CT molecular complexity index is 4700. The van der Waals surface area contributed by atoms with E-state index >= 15 is 0 Å². The highest BCUT2D eigenvalue weighted by Crippen LogP contribution is 1.93. The molecule has 0 aliphatic carbocycles. The van der Waals surface area contributed by atoms with Crippen molar-refractivity contribution < 1.29 is 13.0 Å². The monoisotopic (exact) mass is 832 g/mol. The summed E-state index contributed by atoms with van der Waals surface area (Å²) < 4.78 is 30.1. The molecule has 0 aliphatic heterocycles. The van der Waals surface area contributed by atoms with Crippen LogP contribution in [0.5, 0.6) is 0 Å². The van der Waals surface area contributed by atoms with Crippen molar-refractivity contribution in [1.82, 2.24) is 0 Å². The van der Waals surface area contributed by atoms with Crippen LogP contribution in [0.2, 0.25) is 0 Å². The second-order valence-electron chi connectivity index (χ2n) is 8.81. The zero-order valence-corrected chi connectivity index (χ0v) is 34.4. The van der Waals surface area contributed by atoms with E-state index in [2.05, 4.69) is 339 Å². The molecule has 0 aromatic carbocycles. The Morgan fingerprint density at radius 1 is 0.273 bits per heavy atom. The van der Waals surface area contributed by atoms with E-state index in [1.165, 1.54) is 6.92 Å². The number of rotatable bonds is 2. The second-order valence-corrected chi connectivity index (χ2v) is 10.3. The van der Waals surface area contributed by atoms with Crippen LogP contribution in [0.15, 0.2) is 345 Å². The standard InChI is InChI=1S/C62H8O3S/c1-3-4-5-6-7-8-9-10-11-12-13-14-15-16-17-18-19-20-21-22-23-24-25-26-27-28-29-30-31-32-33-34-35-36-37-38-39-40-41-42-43-44-45-46-47-48-49-50-51-52-53-54-55-56-57-58-59-60-62(2)61-66(63,64)65/h1,61H2,2H3,(H,63,64,65). The molecule has 0 amide bonds. The Hall–Kier alpha value is -13.1. The van der Waals surface area contributed by atoms with Crippen molar-refractivity contribution in [3.63, 3.8) is 0 Å². The van der Waals surface area contributed by atoms with Gasteiger partial charge in [0, 0.05) is 229 Å². The van der Waals surface area contributed by atoms with Crippen LogP contribution in [-0.2, 0) is 10.1 Å². The van der Waals surface area contributed by atoms with Crippen LogP contribution in [0.4, 0.5) is 0 Å². The first-order chi connectivity index (χ1) is 32.5.